The normalized spacial score (nSPS) is 11.7. The summed E-state index contributed by atoms with van der Waals surface area (Å²) in [5.41, 5.74) is 8.57. The minimum absolute atomic E-state index is 0.674. The van der Waals surface area contributed by atoms with E-state index < -0.39 is 5.54 Å². The van der Waals surface area contributed by atoms with Gasteiger partial charge in [0.2, 0.25) is 0 Å². The first kappa shape index (κ1) is 28.3. The molecule has 8 aromatic rings. The maximum atomic E-state index is 4.76. The molecule has 0 aliphatic heterocycles. The van der Waals surface area contributed by atoms with Crippen molar-refractivity contribution in [2.24, 2.45) is 0 Å². The molecule has 0 saturated carbocycles. The highest BCUT2D eigenvalue weighted by molar-refractivity contribution is 5.81. The number of tetrazole rings is 1. The molecule has 3 heterocycles. The summed E-state index contributed by atoms with van der Waals surface area (Å²) in [6, 6.07) is 48.4. The fourth-order valence-corrected chi connectivity index (χ4v) is 6.67. The predicted molar refractivity (Wildman–Crippen MR) is 183 cm³/mol. The van der Waals surface area contributed by atoms with Gasteiger partial charge in [-0.15, -0.1) is 10.2 Å². The Morgan fingerprint density at radius 2 is 1.17 bits per heavy atom. The lowest BCUT2D eigenvalue weighted by Gasteiger charge is -2.36. The lowest BCUT2D eigenvalue weighted by molar-refractivity contribution is 0.451. The molecule has 228 valence electrons. The predicted octanol–water partition coefficient (Wildman–Crippen LogP) is 7.36. The molecule has 0 unspecified atom stereocenters. The number of hydrogen-bond donors (Lipinski definition) is 0. The molecule has 0 saturated heterocycles. The van der Waals surface area contributed by atoms with Crippen LogP contribution in [0.2, 0.25) is 0 Å². The zero-order chi connectivity index (χ0) is 31.8. The van der Waals surface area contributed by atoms with E-state index >= 15 is 0 Å². The average molecular weight is 613 g/mol. The Morgan fingerprint density at radius 3 is 1.77 bits per heavy atom. The summed E-state index contributed by atoms with van der Waals surface area (Å²) < 4.78 is 5.96. The lowest BCUT2D eigenvalue weighted by Crippen LogP contribution is -2.39. The van der Waals surface area contributed by atoms with Gasteiger partial charge in [-0.05, 0) is 57.7 Å². The van der Waals surface area contributed by atoms with Gasteiger partial charge in [-0.25, -0.2) is 9.67 Å². The summed E-state index contributed by atoms with van der Waals surface area (Å²) >= 11 is 0. The van der Waals surface area contributed by atoms with Crippen molar-refractivity contribution in [3.8, 4) is 22.5 Å². The number of fused-ring (bicyclic) bond motifs is 1. The Labute approximate surface area is 272 Å². The van der Waals surface area contributed by atoms with Gasteiger partial charge in [-0.3, -0.25) is 4.68 Å². The number of benzene rings is 5. The van der Waals surface area contributed by atoms with Crippen LogP contribution < -0.4 is 0 Å². The highest BCUT2D eigenvalue weighted by Crippen LogP contribution is 2.43. The van der Waals surface area contributed by atoms with E-state index in [4.69, 9.17) is 10.3 Å². The standard InChI is InChI=1S/C39H32N8/c1-28-26-45(47-37(28)40-29(2)42-47)27-30-22-24-31(25-23-30)35-20-12-13-21-36(35)38-41-43-44-46(38)39(32-14-6-3-7-15-32,33-16-8-4-9-17-33)34-18-10-5-11-19-34/h3-26H,27H2,1-2H3. The van der Waals surface area contributed by atoms with Crippen molar-refractivity contribution in [1.29, 1.82) is 0 Å². The van der Waals surface area contributed by atoms with E-state index in [1.54, 1.807) is 0 Å². The first-order valence-corrected chi connectivity index (χ1v) is 15.7. The maximum Gasteiger partial charge on any atom is 0.184 e. The molecule has 8 heteroatoms. The molecule has 0 aliphatic carbocycles. The largest absolute Gasteiger partial charge is 0.266 e. The van der Waals surface area contributed by atoms with Crippen LogP contribution >= 0.6 is 0 Å². The second-order valence-electron chi connectivity index (χ2n) is 11.7. The van der Waals surface area contributed by atoms with Crippen LogP contribution in [0.15, 0.2) is 146 Å². The third kappa shape index (κ3) is 4.82. The third-order valence-electron chi connectivity index (χ3n) is 8.77. The van der Waals surface area contributed by atoms with E-state index in [1.807, 2.05) is 40.5 Å². The Hall–Kier alpha value is -6.15. The van der Waals surface area contributed by atoms with Crippen LogP contribution in [0, 0.1) is 13.8 Å². The summed E-state index contributed by atoms with van der Waals surface area (Å²) in [6.07, 6.45) is 2.09. The molecule has 0 amide bonds. The quantitative estimate of drug-likeness (QED) is 0.168. The Kier molecular flexibility index (Phi) is 7.02. The van der Waals surface area contributed by atoms with Crippen molar-refractivity contribution in [3.05, 3.63) is 179 Å². The first-order chi connectivity index (χ1) is 23.1. The van der Waals surface area contributed by atoms with Crippen LogP contribution in [-0.2, 0) is 12.1 Å². The van der Waals surface area contributed by atoms with E-state index in [-0.39, 0.29) is 0 Å². The van der Waals surface area contributed by atoms with Gasteiger partial charge in [0.05, 0.1) is 6.54 Å². The molecule has 0 radical (unpaired) electrons. The van der Waals surface area contributed by atoms with Crippen molar-refractivity contribution in [1.82, 2.24) is 39.6 Å². The second-order valence-corrected chi connectivity index (χ2v) is 11.7. The van der Waals surface area contributed by atoms with Gasteiger partial charge in [0.25, 0.3) is 0 Å². The smallest absolute Gasteiger partial charge is 0.184 e. The summed E-state index contributed by atoms with van der Waals surface area (Å²) in [6.45, 7) is 4.67. The highest BCUT2D eigenvalue weighted by atomic mass is 15.6. The SMILES string of the molecule is Cc1nc2c(C)cn(Cc3ccc(-c4ccccc4-c4nnnn4C(c4ccccc4)(c4ccccc4)c4ccccc4)cc3)n2n1. The third-order valence-corrected chi connectivity index (χ3v) is 8.77. The van der Waals surface area contributed by atoms with Crippen LogP contribution in [0.3, 0.4) is 0 Å². The lowest BCUT2D eigenvalue weighted by atomic mass is 9.77. The molecule has 5 aromatic carbocycles. The molecule has 0 spiro atoms. The molecule has 0 fully saturated rings. The Morgan fingerprint density at radius 1 is 0.617 bits per heavy atom. The molecule has 0 N–H and O–H groups in total. The summed E-state index contributed by atoms with van der Waals surface area (Å²) in [5, 5.41) is 18.4. The van der Waals surface area contributed by atoms with E-state index in [2.05, 4.69) is 148 Å². The molecule has 3 aromatic heterocycles. The van der Waals surface area contributed by atoms with Crippen LogP contribution in [0.1, 0.15) is 33.6 Å². The van der Waals surface area contributed by atoms with Crippen molar-refractivity contribution in [3.63, 3.8) is 0 Å². The van der Waals surface area contributed by atoms with Crippen LogP contribution in [0.25, 0.3) is 28.2 Å². The van der Waals surface area contributed by atoms with Gasteiger partial charge in [-0.1, -0.05) is 140 Å². The molecule has 8 rings (SSSR count). The van der Waals surface area contributed by atoms with Gasteiger partial charge < -0.3 is 0 Å². The topological polar surface area (TPSA) is 78.7 Å². The highest BCUT2D eigenvalue weighted by Gasteiger charge is 2.42. The zero-order valence-corrected chi connectivity index (χ0v) is 26.1. The average Bonchev–Trinajstić information content (AvgIpc) is 3.84. The Bertz CT molecular complexity index is 2190. The number of aryl methyl sites for hydroxylation is 2. The van der Waals surface area contributed by atoms with Crippen molar-refractivity contribution in [2.75, 3.05) is 0 Å². The van der Waals surface area contributed by atoms with Crippen LogP contribution in [-0.4, -0.2) is 39.6 Å². The van der Waals surface area contributed by atoms with Gasteiger partial charge in [0, 0.05) is 17.3 Å². The maximum absolute atomic E-state index is 4.76. The summed E-state index contributed by atoms with van der Waals surface area (Å²) in [7, 11) is 0. The minimum atomic E-state index is -0.834. The zero-order valence-electron chi connectivity index (χ0n) is 26.1. The van der Waals surface area contributed by atoms with Crippen molar-refractivity contribution < 1.29 is 0 Å². The summed E-state index contributed by atoms with van der Waals surface area (Å²) in [4.78, 5) is 4.56. The fraction of sp³-hybridized carbons (Fsp3) is 0.103. The Balaban J connectivity index is 1.25. The number of rotatable bonds is 8. The molecule has 0 bridgehead atoms. The summed E-state index contributed by atoms with van der Waals surface area (Å²) in [5.74, 6) is 1.44. The van der Waals surface area contributed by atoms with Gasteiger partial charge in [0.15, 0.2) is 11.5 Å². The second kappa shape index (κ2) is 11.7. The van der Waals surface area contributed by atoms with E-state index in [9.17, 15) is 0 Å². The van der Waals surface area contributed by atoms with E-state index in [1.165, 1.54) is 0 Å². The fourth-order valence-electron chi connectivity index (χ4n) is 6.67. The van der Waals surface area contributed by atoms with Gasteiger partial charge in [-0.2, -0.15) is 4.63 Å². The van der Waals surface area contributed by atoms with E-state index in [0.29, 0.717) is 12.4 Å². The molecular weight excluding hydrogens is 580 g/mol. The first-order valence-electron chi connectivity index (χ1n) is 15.7. The molecule has 0 aliphatic rings. The van der Waals surface area contributed by atoms with Gasteiger partial charge in [0.1, 0.15) is 11.4 Å². The van der Waals surface area contributed by atoms with Crippen LogP contribution in [0.4, 0.5) is 0 Å². The van der Waals surface area contributed by atoms with Crippen molar-refractivity contribution >= 4 is 5.65 Å². The monoisotopic (exact) mass is 612 g/mol. The minimum Gasteiger partial charge on any atom is -0.266 e. The molecule has 47 heavy (non-hydrogen) atoms. The number of hydrogen-bond acceptors (Lipinski definition) is 5. The molecular formula is C39H32N8. The molecule has 8 nitrogen and oxygen atoms in total. The van der Waals surface area contributed by atoms with Crippen LogP contribution in [0.5, 0.6) is 0 Å². The van der Waals surface area contributed by atoms with Gasteiger partial charge >= 0.3 is 0 Å². The number of nitrogens with zero attached hydrogens (tertiary/aromatic N) is 8. The molecule has 0 atom stereocenters. The number of aromatic nitrogens is 8. The van der Waals surface area contributed by atoms with E-state index in [0.717, 1.165) is 56.0 Å². The van der Waals surface area contributed by atoms with Crippen molar-refractivity contribution in [2.45, 2.75) is 25.9 Å².